The SMILES string of the molecule is CCN(c1ccc(C(=O)NCc2cccc(CN3CCOCC3)c2)cc1)S(=O)(=O)CC. The van der Waals surface area contributed by atoms with Gasteiger partial charge in [-0.1, -0.05) is 24.3 Å². The predicted octanol–water partition coefficient (Wildman–Crippen LogP) is 2.62. The monoisotopic (exact) mass is 445 g/mol. The van der Waals surface area contributed by atoms with E-state index in [2.05, 4.69) is 22.3 Å². The van der Waals surface area contributed by atoms with Gasteiger partial charge in [-0.25, -0.2) is 8.42 Å². The highest BCUT2D eigenvalue weighted by Gasteiger charge is 2.19. The molecule has 0 aliphatic carbocycles. The van der Waals surface area contributed by atoms with E-state index in [9.17, 15) is 13.2 Å². The fourth-order valence-corrected chi connectivity index (χ4v) is 4.76. The van der Waals surface area contributed by atoms with Crippen LogP contribution in [0.5, 0.6) is 0 Å². The second-order valence-electron chi connectivity index (χ2n) is 7.50. The zero-order chi connectivity index (χ0) is 22.3. The van der Waals surface area contributed by atoms with Gasteiger partial charge in [0.15, 0.2) is 0 Å². The molecular weight excluding hydrogens is 414 g/mol. The second kappa shape index (κ2) is 10.7. The van der Waals surface area contributed by atoms with Crippen molar-refractivity contribution in [3.8, 4) is 0 Å². The van der Waals surface area contributed by atoms with E-state index in [0.717, 1.165) is 38.4 Å². The van der Waals surface area contributed by atoms with Crippen molar-refractivity contribution in [1.82, 2.24) is 10.2 Å². The molecule has 0 atom stereocenters. The lowest BCUT2D eigenvalue weighted by atomic mass is 10.1. The predicted molar refractivity (Wildman–Crippen MR) is 123 cm³/mol. The molecule has 1 saturated heterocycles. The molecule has 0 aromatic heterocycles. The lowest BCUT2D eigenvalue weighted by Gasteiger charge is -2.26. The Morgan fingerprint density at radius 1 is 1.06 bits per heavy atom. The lowest BCUT2D eigenvalue weighted by Crippen LogP contribution is -2.35. The third-order valence-electron chi connectivity index (χ3n) is 5.36. The molecule has 3 rings (SSSR count). The molecule has 2 aromatic rings. The minimum absolute atomic E-state index is 0.0354. The molecule has 1 N–H and O–H groups in total. The molecule has 0 radical (unpaired) electrons. The Balaban J connectivity index is 1.59. The molecule has 31 heavy (non-hydrogen) atoms. The second-order valence-corrected chi connectivity index (χ2v) is 9.69. The molecule has 0 saturated carbocycles. The van der Waals surface area contributed by atoms with E-state index in [1.807, 2.05) is 12.1 Å². The highest BCUT2D eigenvalue weighted by atomic mass is 32.2. The van der Waals surface area contributed by atoms with Crippen molar-refractivity contribution < 1.29 is 17.9 Å². The molecule has 0 unspecified atom stereocenters. The van der Waals surface area contributed by atoms with Crippen LogP contribution in [0.3, 0.4) is 0 Å². The van der Waals surface area contributed by atoms with Crippen LogP contribution in [0.15, 0.2) is 48.5 Å². The van der Waals surface area contributed by atoms with E-state index in [4.69, 9.17) is 4.74 Å². The van der Waals surface area contributed by atoms with Gasteiger partial charge in [0.1, 0.15) is 0 Å². The zero-order valence-corrected chi connectivity index (χ0v) is 19.0. The van der Waals surface area contributed by atoms with E-state index in [0.29, 0.717) is 24.3 Å². The number of nitrogens with zero attached hydrogens (tertiary/aromatic N) is 2. The summed E-state index contributed by atoms with van der Waals surface area (Å²) in [5.74, 6) is -0.153. The Labute approximate surface area is 185 Å². The van der Waals surface area contributed by atoms with Crippen LogP contribution in [0.2, 0.25) is 0 Å². The number of hydrogen-bond acceptors (Lipinski definition) is 5. The molecule has 0 spiro atoms. The topological polar surface area (TPSA) is 79.0 Å². The number of hydrogen-bond donors (Lipinski definition) is 1. The van der Waals surface area contributed by atoms with Crippen LogP contribution in [0.4, 0.5) is 5.69 Å². The van der Waals surface area contributed by atoms with Gasteiger partial charge in [-0.2, -0.15) is 0 Å². The van der Waals surface area contributed by atoms with Gasteiger partial charge in [-0.05, 0) is 49.2 Å². The Morgan fingerprint density at radius 2 is 1.74 bits per heavy atom. The molecule has 1 amide bonds. The maximum Gasteiger partial charge on any atom is 0.251 e. The van der Waals surface area contributed by atoms with Gasteiger partial charge in [0.25, 0.3) is 5.91 Å². The van der Waals surface area contributed by atoms with Crippen LogP contribution in [-0.2, 0) is 27.8 Å². The first kappa shape index (κ1) is 23.2. The average molecular weight is 446 g/mol. The fourth-order valence-electron chi connectivity index (χ4n) is 3.61. The van der Waals surface area contributed by atoms with E-state index in [1.165, 1.54) is 9.87 Å². The van der Waals surface area contributed by atoms with Crippen molar-refractivity contribution in [2.24, 2.45) is 0 Å². The molecule has 7 nitrogen and oxygen atoms in total. The minimum Gasteiger partial charge on any atom is -0.379 e. The summed E-state index contributed by atoms with van der Waals surface area (Å²) in [6.45, 7) is 8.49. The van der Waals surface area contributed by atoms with Crippen LogP contribution in [0.25, 0.3) is 0 Å². The zero-order valence-electron chi connectivity index (χ0n) is 18.2. The number of sulfonamides is 1. The Bertz CT molecular complexity index is 971. The Hall–Kier alpha value is -2.42. The Morgan fingerprint density at radius 3 is 2.39 bits per heavy atom. The summed E-state index contributed by atoms with van der Waals surface area (Å²) in [5.41, 5.74) is 3.33. The van der Waals surface area contributed by atoms with Gasteiger partial charge in [-0.3, -0.25) is 14.0 Å². The van der Waals surface area contributed by atoms with E-state index in [-0.39, 0.29) is 11.7 Å². The molecule has 168 valence electrons. The van der Waals surface area contributed by atoms with Gasteiger partial charge in [0.2, 0.25) is 10.0 Å². The first-order valence-corrected chi connectivity index (χ1v) is 12.3. The highest BCUT2D eigenvalue weighted by molar-refractivity contribution is 7.92. The lowest BCUT2D eigenvalue weighted by molar-refractivity contribution is 0.0342. The molecule has 8 heteroatoms. The van der Waals surface area contributed by atoms with Crippen molar-refractivity contribution in [3.05, 3.63) is 65.2 Å². The van der Waals surface area contributed by atoms with Gasteiger partial charge in [0.05, 0.1) is 24.7 Å². The van der Waals surface area contributed by atoms with Crippen molar-refractivity contribution in [2.75, 3.05) is 42.9 Å². The number of amides is 1. The number of ether oxygens (including phenoxy) is 1. The summed E-state index contributed by atoms with van der Waals surface area (Å²) in [5, 5.41) is 2.95. The van der Waals surface area contributed by atoms with Crippen LogP contribution in [0, 0.1) is 0 Å². The van der Waals surface area contributed by atoms with Crippen molar-refractivity contribution in [3.63, 3.8) is 0 Å². The number of carbonyl (C=O) groups is 1. The smallest absolute Gasteiger partial charge is 0.251 e. The normalized spacial score (nSPS) is 14.9. The number of rotatable bonds is 9. The first-order chi connectivity index (χ1) is 14.9. The number of anilines is 1. The Kier molecular flexibility index (Phi) is 8.06. The van der Waals surface area contributed by atoms with Gasteiger partial charge < -0.3 is 10.1 Å². The highest BCUT2D eigenvalue weighted by Crippen LogP contribution is 2.19. The number of morpholine rings is 1. The summed E-state index contributed by atoms with van der Waals surface area (Å²) >= 11 is 0. The standard InChI is InChI=1S/C23H31N3O4S/c1-3-26(31(28,29)4-2)22-10-8-21(9-11-22)23(27)24-17-19-6-5-7-20(16-19)18-25-12-14-30-15-13-25/h5-11,16H,3-4,12-15,17-18H2,1-2H3,(H,24,27). The van der Waals surface area contributed by atoms with Crippen LogP contribution < -0.4 is 9.62 Å². The van der Waals surface area contributed by atoms with Crippen molar-refractivity contribution >= 4 is 21.6 Å². The summed E-state index contributed by atoms with van der Waals surface area (Å²) in [4.78, 5) is 14.9. The number of nitrogens with one attached hydrogen (secondary N) is 1. The van der Waals surface area contributed by atoms with Gasteiger partial charge in [0, 0.05) is 38.3 Å². The quantitative estimate of drug-likeness (QED) is 0.642. The molecule has 1 heterocycles. The summed E-state index contributed by atoms with van der Waals surface area (Å²) in [7, 11) is -3.34. The fraction of sp³-hybridized carbons (Fsp3) is 0.435. The summed E-state index contributed by atoms with van der Waals surface area (Å²) in [6, 6.07) is 14.9. The van der Waals surface area contributed by atoms with E-state index in [1.54, 1.807) is 38.1 Å². The first-order valence-electron chi connectivity index (χ1n) is 10.7. The molecule has 1 aliphatic heterocycles. The number of benzene rings is 2. The molecular formula is C23H31N3O4S. The largest absolute Gasteiger partial charge is 0.379 e. The summed E-state index contributed by atoms with van der Waals surface area (Å²) < 4.78 is 31.2. The van der Waals surface area contributed by atoms with E-state index < -0.39 is 10.0 Å². The third kappa shape index (κ3) is 6.29. The maximum absolute atomic E-state index is 12.6. The number of carbonyl (C=O) groups excluding carboxylic acids is 1. The molecule has 0 bridgehead atoms. The molecule has 2 aromatic carbocycles. The minimum atomic E-state index is -3.34. The van der Waals surface area contributed by atoms with Crippen LogP contribution in [0.1, 0.15) is 35.3 Å². The van der Waals surface area contributed by atoms with Crippen LogP contribution >= 0.6 is 0 Å². The maximum atomic E-state index is 12.6. The summed E-state index contributed by atoms with van der Waals surface area (Å²) in [6.07, 6.45) is 0. The van der Waals surface area contributed by atoms with Crippen molar-refractivity contribution in [2.45, 2.75) is 26.9 Å². The average Bonchev–Trinajstić information content (AvgIpc) is 2.79. The van der Waals surface area contributed by atoms with Crippen LogP contribution in [-0.4, -0.2) is 57.8 Å². The van der Waals surface area contributed by atoms with E-state index >= 15 is 0 Å². The van der Waals surface area contributed by atoms with Crippen molar-refractivity contribution in [1.29, 1.82) is 0 Å². The third-order valence-corrected chi connectivity index (χ3v) is 7.23. The van der Waals surface area contributed by atoms with Gasteiger partial charge in [-0.15, -0.1) is 0 Å². The molecule has 1 fully saturated rings. The van der Waals surface area contributed by atoms with Gasteiger partial charge >= 0.3 is 0 Å². The molecule has 1 aliphatic rings.